The predicted octanol–water partition coefficient (Wildman–Crippen LogP) is 3.18. The zero-order valence-corrected chi connectivity index (χ0v) is 13.3. The van der Waals surface area contributed by atoms with Crippen molar-refractivity contribution < 1.29 is 9.42 Å². The fraction of sp³-hybridized carbons (Fsp3) is 0.500. The molecule has 0 saturated heterocycles. The molecule has 1 aromatic carbocycles. The highest BCUT2D eigenvalue weighted by Gasteiger charge is 2.17. The van der Waals surface area contributed by atoms with Gasteiger partial charge in [0.1, 0.15) is 0 Å². The third kappa shape index (κ3) is 5.83. The van der Waals surface area contributed by atoms with Crippen LogP contribution in [-0.2, 0) is 22.8 Å². The summed E-state index contributed by atoms with van der Waals surface area (Å²) in [4.78, 5) is 11.2. The molecule has 0 saturated carbocycles. The highest BCUT2D eigenvalue weighted by Crippen LogP contribution is 2.60. The van der Waals surface area contributed by atoms with Gasteiger partial charge in [-0.15, -0.1) is 0 Å². The lowest BCUT2D eigenvalue weighted by atomic mass is 10.1. The van der Waals surface area contributed by atoms with Crippen LogP contribution in [0.1, 0.15) is 18.9 Å². The van der Waals surface area contributed by atoms with Crippen LogP contribution in [0, 0.1) is 0 Å². The molecule has 0 heterocycles. The Kier molecular flexibility index (Phi) is 7.46. The van der Waals surface area contributed by atoms with E-state index in [0.29, 0.717) is 13.2 Å². The summed E-state index contributed by atoms with van der Waals surface area (Å²) in [6.45, 7) is 3.27. The fourth-order valence-corrected chi connectivity index (χ4v) is 5.14. The Bertz CT molecular complexity index is 415. The maximum Gasteiger partial charge on any atom is 0.249 e. The number of nitrogens with one attached hydrogen (secondary N) is 1. The van der Waals surface area contributed by atoms with Crippen molar-refractivity contribution in [3.8, 4) is 0 Å². The van der Waals surface area contributed by atoms with Gasteiger partial charge >= 0.3 is 0 Å². The first kappa shape index (κ1) is 16.2. The van der Waals surface area contributed by atoms with E-state index in [2.05, 4.69) is 18.3 Å². The van der Waals surface area contributed by atoms with Crippen LogP contribution < -0.4 is 5.32 Å². The summed E-state index contributed by atoms with van der Waals surface area (Å²) < 4.78 is 5.39. The molecular weight excluding hydrogens is 285 g/mol. The van der Waals surface area contributed by atoms with Crippen LogP contribution in [0.2, 0.25) is 0 Å². The van der Waals surface area contributed by atoms with E-state index in [9.17, 15) is 4.89 Å². The monoisotopic (exact) mass is 305 g/mol. The van der Waals surface area contributed by atoms with E-state index in [1.165, 1.54) is 16.9 Å². The minimum absolute atomic E-state index is 0.438. The van der Waals surface area contributed by atoms with Crippen molar-refractivity contribution in [2.75, 3.05) is 20.2 Å². The highest BCUT2D eigenvalue weighted by atomic mass is 32.9. The van der Waals surface area contributed by atoms with Gasteiger partial charge in [0.25, 0.3) is 0 Å². The van der Waals surface area contributed by atoms with Crippen molar-refractivity contribution in [2.45, 2.75) is 24.7 Å². The lowest BCUT2D eigenvalue weighted by molar-refractivity contribution is 0.320. The smallest absolute Gasteiger partial charge is 0.249 e. The van der Waals surface area contributed by atoms with E-state index in [0.717, 1.165) is 17.7 Å². The SMILES string of the molecule is CCCc1ccccc1SP(O)(=S)OCCNC. The molecule has 3 nitrogen and oxygen atoms in total. The van der Waals surface area contributed by atoms with Crippen LogP contribution in [0.5, 0.6) is 0 Å². The van der Waals surface area contributed by atoms with Gasteiger partial charge in [-0.05, 0) is 48.3 Å². The maximum absolute atomic E-state index is 10.1. The van der Waals surface area contributed by atoms with Crippen molar-refractivity contribution in [1.82, 2.24) is 5.32 Å². The van der Waals surface area contributed by atoms with E-state index in [4.69, 9.17) is 16.3 Å². The first-order chi connectivity index (χ1) is 8.59. The van der Waals surface area contributed by atoms with E-state index in [1.54, 1.807) is 0 Å². The normalized spacial score (nSPS) is 14.4. The van der Waals surface area contributed by atoms with Crippen LogP contribution in [0.4, 0.5) is 0 Å². The predicted molar refractivity (Wildman–Crippen MR) is 82.7 cm³/mol. The summed E-state index contributed by atoms with van der Waals surface area (Å²) in [6.07, 6.45) is 2.07. The van der Waals surface area contributed by atoms with Crippen molar-refractivity contribution in [3.05, 3.63) is 29.8 Å². The number of benzene rings is 1. The van der Waals surface area contributed by atoms with E-state index < -0.39 is 5.69 Å². The molecule has 6 heteroatoms. The van der Waals surface area contributed by atoms with Crippen LogP contribution in [0.15, 0.2) is 29.2 Å². The molecule has 102 valence electrons. The second-order valence-electron chi connectivity index (χ2n) is 3.85. The molecule has 1 rings (SSSR count). The minimum atomic E-state index is -2.78. The molecule has 1 unspecified atom stereocenters. The van der Waals surface area contributed by atoms with Crippen molar-refractivity contribution in [2.24, 2.45) is 0 Å². The van der Waals surface area contributed by atoms with E-state index >= 15 is 0 Å². The van der Waals surface area contributed by atoms with Crippen LogP contribution in [0.3, 0.4) is 0 Å². The molecule has 0 radical (unpaired) electrons. The standard InChI is InChI=1S/C12H20NO2PS2/c1-3-6-11-7-4-5-8-12(11)18-16(14,17)15-10-9-13-2/h4-5,7-8,13H,3,6,9-10H2,1-2H3,(H,14,17). The second-order valence-corrected chi connectivity index (χ2v) is 9.88. The zero-order valence-electron chi connectivity index (χ0n) is 10.8. The lowest BCUT2D eigenvalue weighted by Gasteiger charge is -2.16. The van der Waals surface area contributed by atoms with Gasteiger partial charge in [0.05, 0.1) is 6.61 Å². The van der Waals surface area contributed by atoms with Gasteiger partial charge < -0.3 is 14.7 Å². The first-order valence-corrected chi connectivity index (χ1v) is 10.1. The Labute approximate surface area is 118 Å². The lowest BCUT2D eigenvalue weighted by Crippen LogP contribution is -2.12. The quantitative estimate of drug-likeness (QED) is 0.570. The average molecular weight is 305 g/mol. The maximum atomic E-state index is 10.1. The molecule has 0 spiro atoms. The van der Waals surface area contributed by atoms with Gasteiger partial charge in [0, 0.05) is 11.4 Å². The number of likely N-dealkylation sites (N-methyl/N-ethyl adjacent to an activating group) is 1. The Hall–Kier alpha value is 0.1000. The molecule has 1 aromatic rings. The average Bonchev–Trinajstić information content (AvgIpc) is 2.32. The van der Waals surface area contributed by atoms with Gasteiger partial charge in [0.15, 0.2) is 0 Å². The summed E-state index contributed by atoms with van der Waals surface area (Å²) in [5.41, 5.74) is -1.56. The van der Waals surface area contributed by atoms with Crippen molar-refractivity contribution in [1.29, 1.82) is 0 Å². The van der Waals surface area contributed by atoms with Gasteiger partial charge in [-0.1, -0.05) is 31.5 Å². The van der Waals surface area contributed by atoms with Gasteiger partial charge in [0.2, 0.25) is 5.69 Å². The molecule has 1 atom stereocenters. The number of hydrogen-bond acceptors (Lipinski definition) is 4. The summed E-state index contributed by atoms with van der Waals surface area (Å²) in [7, 11) is 1.84. The Balaban J connectivity index is 2.67. The van der Waals surface area contributed by atoms with Crippen molar-refractivity contribution in [3.63, 3.8) is 0 Å². The zero-order chi connectivity index (χ0) is 13.4. The third-order valence-corrected chi connectivity index (χ3v) is 6.23. The van der Waals surface area contributed by atoms with Crippen molar-refractivity contribution >= 4 is 28.9 Å². The number of hydrogen-bond donors (Lipinski definition) is 2. The molecule has 0 bridgehead atoms. The summed E-state index contributed by atoms with van der Waals surface area (Å²) in [6, 6.07) is 8.05. The molecule has 0 aliphatic carbocycles. The summed E-state index contributed by atoms with van der Waals surface area (Å²) in [5.74, 6) is 0. The molecule has 0 amide bonds. The molecule has 0 aromatic heterocycles. The Morgan fingerprint density at radius 3 is 2.83 bits per heavy atom. The largest absolute Gasteiger partial charge is 0.337 e. The molecule has 0 aliphatic rings. The second kappa shape index (κ2) is 8.31. The van der Waals surface area contributed by atoms with E-state index in [1.807, 2.05) is 25.2 Å². The minimum Gasteiger partial charge on any atom is -0.337 e. The molecule has 0 fully saturated rings. The van der Waals surface area contributed by atoms with Gasteiger partial charge in [-0.3, -0.25) is 0 Å². The summed E-state index contributed by atoms with van der Waals surface area (Å²) >= 11 is 6.46. The number of rotatable bonds is 8. The Morgan fingerprint density at radius 2 is 2.17 bits per heavy atom. The molecule has 2 N–H and O–H groups in total. The fourth-order valence-electron chi connectivity index (χ4n) is 1.48. The van der Waals surface area contributed by atoms with E-state index in [-0.39, 0.29) is 0 Å². The molecule has 0 aliphatic heterocycles. The van der Waals surface area contributed by atoms with Crippen LogP contribution in [-0.4, -0.2) is 25.1 Å². The van der Waals surface area contributed by atoms with Gasteiger partial charge in [-0.2, -0.15) is 0 Å². The number of aryl methyl sites for hydroxylation is 1. The third-order valence-electron chi connectivity index (χ3n) is 2.31. The highest BCUT2D eigenvalue weighted by molar-refractivity contribution is 8.67. The summed E-state index contributed by atoms with van der Waals surface area (Å²) in [5, 5.41) is 2.96. The first-order valence-electron chi connectivity index (χ1n) is 5.98. The topological polar surface area (TPSA) is 41.5 Å². The van der Waals surface area contributed by atoms with Crippen LogP contribution >= 0.6 is 17.1 Å². The van der Waals surface area contributed by atoms with Gasteiger partial charge in [-0.25, -0.2) is 0 Å². The molecule has 18 heavy (non-hydrogen) atoms. The molecular formula is C12H20NO2PS2. The van der Waals surface area contributed by atoms with Crippen LogP contribution in [0.25, 0.3) is 0 Å². The Morgan fingerprint density at radius 1 is 1.44 bits per heavy atom.